The highest BCUT2D eigenvalue weighted by atomic mass is 16.5. The third-order valence-corrected chi connectivity index (χ3v) is 5.02. The van der Waals surface area contributed by atoms with E-state index >= 15 is 0 Å². The number of nitrogens with zero attached hydrogens (tertiary/aromatic N) is 1. The molecule has 1 aliphatic heterocycles. The number of esters is 1. The standard InChI is InChI=1S/C23H28N2O4/c1-23(2,3)17-7-5-16(6-8-17)21(26)24-18-9-10-20(19(15-18)22(27)28-4)25-11-13-29-14-12-25/h5-10,15H,11-14H2,1-4H3,(H,24,26). The van der Waals surface area contributed by atoms with Crippen molar-refractivity contribution in [3.8, 4) is 0 Å². The van der Waals surface area contributed by atoms with Crippen molar-refractivity contribution in [2.24, 2.45) is 0 Å². The molecule has 154 valence electrons. The van der Waals surface area contributed by atoms with Gasteiger partial charge in [-0.1, -0.05) is 32.9 Å². The van der Waals surface area contributed by atoms with E-state index in [-0.39, 0.29) is 11.3 Å². The van der Waals surface area contributed by atoms with Crippen LogP contribution in [0.25, 0.3) is 0 Å². The summed E-state index contributed by atoms with van der Waals surface area (Å²) in [5, 5.41) is 2.88. The number of morpholine rings is 1. The number of methoxy groups -OCH3 is 1. The molecule has 1 fully saturated rings. The lowest BCUT2D eigenvalue weighted by Gasteiger charge is -2.30. The molecule has 0 radical (unpaired) electrons. The fourth-order valence-electron chi connectivity index (χ4n) is 3.29. The van der Waals surface area contributed by atoms with E-state index < -0.39 is 5.97 Å². The molecule has 1 heterocycles. The lowest BCUT2D eigenvalue weighted by molar-refractivity contribution is 0.0600. The van der Waals surface area contributed by atoms with Crippen LogP contribution in [0.1, 0.15) is 47.1 Å². The highest BCUT2D eigenvalue weighted by Crippen LogP contribution is 2.27. The van der Waals surface area contributed by atoms with Crippen molar-refractivity contribution < 1.29 is 19.1 Å². The Morgan fingerprint density at radius 1 is 1.03 bits per heavy atom. The van der Waals surface area contributed by atoms with Crippen LogP contribution in [0.2, 0.25) is 0 Å². The minimum Gasteiger partial charge on any atom is -0.465 e. The van der Waals surface area contributed by atoms with Crippen molar-refractivity contribution >= 4 is 23.3 Å². The smallest absolute Gasteiger partial charge is 0.340 e. The van der Waals surface area contributed by atoms with Gasteiger partial charge in [-0.25, -0.2) is 4.79 Å². The van der Waals surface area contributed by atoms with Gasteiger partial charge in [-0.15, -0.1) is 0 Å². The molecule has 3 rings (SSSR count). The first-order valence-electron chi connectivity index (χ1n) is 9.76. The van der Waals surface area contributed by atoms with E-state index in [0.717, 1.165) is 11.3 Å². The molecule has 0 aliphatic carbocycles. The van der Waals surface area contributed by atoms with Crippen LogP contribution in [0.5, 0.6) is 0 Å². The molecule has 0 saturated carbocycles. The highest BCUT2D eigenvalue weighted by Gasteiger charge is 2.21. The van der Waals surface area contributed by atoms with Crippen LogP contribution in [0.3, 0.4) is 0 Å². The van der Waals surface area contributed by atoms with Crippen molar-refractivity contribution in [2.75, 3.05) is 43.6 Å². The molecule has 0 bridgehead atoms. The average Bonchev–Trinajstić information content (AvgIpc) is 2.73. The minimum atomic E-state index is -0.433. The van der Waals surface area contributed by atoms with E-state index in [1.165, 1.54) is 7.11 Å². The average molecular weight is 396 g/mol. The number of amides is 1. The number of anilines is 2. The van der Waals surface area contributed by atoms with Crippen LogP contribution in [0.4, 0.5) is 11.4 Å². The number of hydrogen-bond donors (Lipinski definition) is 1. The Balaban J connectivity index is 1.81. The van der Waals surface area contributed by atoms with Crippen molar-refractivity contribution in [3.05, 3.63) is 59.2 Å². The molecule has 6 heteroatoms. The lowest BCUT2D eigenvalue weighted by atomic mass is 9.87. The Bertz CT molecular complexity index is 879. The predicted octanol–water partition coefficient (Wildman–Crippen LogP) is 3.86. The minimum absolute atomic E-state index is 0.0275. The van der Waals surface area contributed by atoms with Gasteiger partial charge >= 0.3 is 5.97 Å². The molecule has 1 saturated heterocycles. The first-order chi connectivity index (χ1) is 13.8. The maximum atomic E-state index is 12.7. The molecular weight excluding hydrogens is 368 g/mol. The van der Waals surface area contributed by atoms with Gasteiger partial charge in [-0.05, 0) is 41.3 Å². The lowest BCUT2D eigenvalue weighted by Crippen LogP contribution is -2.37. The molecule has 1 amide bonds. The van der Waals surface area contributed by atoms with Crippen molar-refractivity contribution in [3.63, 3.8) is 0 Å². The topological polar surface area (TPSA) is 67.9 Å². The monoisotopic (exact) mass is 396 g/mol. The summed E-state index contributed by atoms with van der Waals surface area (Å²) in [6.45, 7) is 9.03. The van der Waals surface area contributed by atoms with E-state index in [9.17, 15) is 9.59 Å². The molecule has 2 aromatic rings. The molecule has 6 nitrogen and oxygen atoms in total. The largest absolute Gasteiger partial charge is 0.465 e. The van der Waals surface area contributed by atoms with E-state index in [2.05, 4.69) is 31.0 Å². The molecule has 29 heavy (non-hydrogen) atoms. The summed E-state index contributed by atoms with van der Waals surface area (Å²) in [7, 11) is 1.35. The number of carbonyl (C=O) groups is 2. The normalized spacial score (nSPS) is 14.4. The summed E-state index contributed by atoms with van der Waals surface area (Å²) >= 11 is 0. The van der Waals surface area contributed by atoms with Crippen LogP contribution < -0.4 is 10.2 Å². The van der Waals surface area contributed by atoms with Gasteiger partial charge in [0.25, 0.3) is 5.91 Å². The summed E-state index contributed by atoms with van der Waals surface area (Å²) in [5.74, 6) is -0.655. The molecule has 0 aromatic heterocycles. The van der Waals surface area contributed by atoms with Crippen LogP contribution in [0.15, 0.2) is 42.5 Å². The predicted molar refractivity (Wildman–Crippen MR) is 114 cm³/mol. The summed E-state index contributed by atoms with van der Waals surface area (Å²) in [6.07, 6.45) is 0. The summed E-state index contributed by atoms with van der Waals surface area (Å²) < 4.78 is 10.3. The molecule has 2 aromatic carbocycles. The Kier molecular flexibility index (Phi) is 6.23. The molecule has 0 atom stereocenters. The van der Waals surface area contributed by atoms with E-state index in [4.69, 9.17) is 9.47 Å². The fourth-order valence-corrected chi connectivity index (χ4v) is 3.29. The van der Waals surface area contributed by atoms with Gasteiger partial charge in [0.1, 0.15) is 0 Å². The second-order valence-corrected chi connectivity index (χ2v) is 8.10. The summed E-state index contributed by atoms with van der Waals surface area (Å²) in [6, 6.07) is 12.9. The van der Waals surface area contributed by atoms with E-state index in [1.54, 1.807) is 12.1 Å². The Morgan fingerprint density at radius 3 is 2.28 bits per heavy atom. The zero-order chi connectivity index (χ0) is 21.0. The summed E-state index contributed by atoms with van der Waals surface area (Å²) in [4.78, 5) is 27.1. The second kappa shape index (κ2) is 8.66. The Hall–Kier alpha value is -2.86. The molecule has 1 aliphatic rings. The van der Waals surface area contributed by atoms with Crippen LogP contribution >= 0.6 is 0 Å². The zero-order valence-electron chi connectivity index (χ0n) is 17.5. The second-order valence-electron chi connectivity index (χ2n) is 8.10. The fraction of sp³-hybridized carbons (Fsp3) is 0.391. The van der Waals surface area contributed by atoms with Crippen LogP contribution in [-0.4, -0.2) is 45.3 Å². The number of rotatable bonds is 4. The Morgan fingerprint density at radius 2 is 1.69 bits per heavy atom. The van der Waals surface area contributed by atoms with Gasteiger partial charge in [0.05, 0.1) is 31.6 Å². The maximum Gasteiger partial charge on any atom is 0.340 e. The SMILES string of the molecule is COC(=O)c1cc(NC(=O)c2ccc(C(C)(C)C)cc2)ccc1N1CCOCC1. The van der Waals surface area contributed by atoms with Gasteiger partial charge in [0, 0.05) is 24.3 Å². The molecular formula is C23H28N2O4. The van der Waals surface area contributed by atoms with Gasteiger partial charge in [0.2, 0.25) is 0 Å². The van der Waals surface area contributed by atoms with Crippen molar-refractivity contribution in [1.82, 2.24) is 0 Å². The number of ether oxygens (including phenoxy) is 2. The first kappa shape index (κ1) is 20.9. The third-order valence-electron chi connectivity index (χ3n) is 5.02. The quantitative estimate of drug-likeness (QED) is 0.795. The van der Waals surface area contributed by atoms with Crippen LogP contribution in [0, 0.1) is 0 Å². The molecule has 1 N–H and O–H groups in total. The maximum absolute atomic E-state index is 12.7. The van der Waals surface area contributed by atoms with E-state index in [0.29, 0.717) is 43.1 Å². The number of hydrogen-bond acceptors (Lipinski definition) is 5. The van der Waals surface area contributed by atoms with E-state index in [1.807, 2.05) is 30.3 Å². The Labute approximate surface area is 171 Å². The van der Waals surface area contributed by atoms with Crippen molar-refractivity contribution in [1.29, 1.82) is 0 Å². The number of benzene rings is 2. The first-order valence-corrected chi connectivity index (χ1v) is 9.76. The van der Waals surface area contributed by atoms with Gasteiger partial charge in [-0.2, -0.15) is 0 Å². The molecule has 0 unspecified atom stereocenters. The third kappa shape index (κ3) is 4.95. The molecule has 0 spiro atoms. The van der Waals surface area contributed by atoms with Crippen LogP contribution in [-0.2, 0) is 14.9 Å². The van der Waals surface area contributed by atoms with Gasteiger partial charge in [-0.3, -0.25) is 4.79 Å². The highest BCUT2D eigenvalue weighted by molar-refractivity contribution is 6.05. The number of carbonyl (C=O) groups excluding carboxylic acids is 2. The zero-order valence-corrected chi connectivity index (χ0v) is 17.5. The van der Waals surface area contributed by atoms with Crippen molar-refractivity contribution in [2.45, 2.75) is 26.2 Å². The van der Waals surface area contributed by atoms with Gasteiger partial charge < -0.3 is 19.7 Å². The number of nitrogens with one attached hydrogen (secondary N) is 1. The summed E-state index contributed by atoms with van der Waals surface area (Å²) in [5.41, 5.74) is 3.52. The van der Waals surface area contributed by atoms with Gasteiger partial charge in [0.15, 0.2) is 0 Å².